The van der Waals surface area contributed by atoms with Crippen LogP contribution in [0.15, 0.2) is 64.6 Å². The number of imide groups is 2. The Labute approximate surface area is 228 Å². The summed E-state index contributed by atoms with van der Waals surface area (Å²) in [6.07, 6.45) is 1.35. The Bertz CT molecular complexity index is 1510. The second kappa shape index (κ2) is 11.0. The smallest absolute Gasteiger partial charge is 0.335 e. The molecule has 3 aromatic rings. The average molecular weight is 576 g/mol. The largest absolute Gasteiger partial charge is 0.483 e. The molecule has 4 rings (SSSR count). The molecule has 0 aliphatic carbocycles. The maximum atomic E-state index is 13.3. The molecule has 0 atom stereocenters. The standard InChI is InChI=1S/C29H26BrN3O5/c1-16-5-9-24(19(4)11-16)31-26(34)15-38-25-10-7-21(30)13-20(25)14-23-27(35)32-29(37)33(28(23)36)22-8-6-17(2)18(3)12-22/h5-14H,15H2,1-4H3,(H,31,34)(H,32,35,37)/b23-14-. The molecular weight excluding hydrogens is 550 g/mol. The number of aryl methyl sites for hydroxylation is 4. The first kappa shape index (κ1) is 26.8. The summed E-state index contributed by atoms with van der Waals surface area (Å²) in [5.41, 5.74) is 5.08. The van der Waals surface area contributed by atoms with Gasteiger partial charge in [-0.15, -0.1) is 0 Å². The maximum Gasteiger partial charge on any atom is 0.335 e. The third-order valence-corrected chi connectivity index (χ3v) is 6.63. The molecule has 1 aliphatic rings. The third kappa shape index (κ3) is 5.84. The van der Waals surface area contributed by atoms with Crippen molar-refractivity contribution < 1.29 is 23.9 Å². The van der Waals surface area contributed by atoms with Crippen molar-refractivity contribution in [3.8, 4) is 5.75 Å². The summed E-state index contributed by atoms with van der Waals surface area (Å²) < 4.78 is 6.43. The highest BCUT2D eigenvalue weighted by atomic mass is 79.9. The Hall–Kier alpha value is -4.24. The molecule has 0 saturated carbocycles. The van der Waals surface area contributed by atoms with Gasteiger partial charge in [0.2, 0.25) is 0 Å². The van der Waals surface area contributed by atoms with Crippen molar-refractivity contribution in [2.75, 3.05) is 16.8 Å². The molecule has 1 aliphatic heterocycles. The minimum Gasteiger partial charge on any atom is -0.483 e. The first-order valence-electron chi connectivity index (χ1n) is 11.8. The molecule has 1 heterocycles. The molecule has 0 unspecified atom stereocenters. The molecule has 9 heteroatoms. The fourth-order valence-corrected chi connectivity index (χ4v) is 4.34. The van der Waals surface area contributed by atoms with E-state index in [4.69, 9.17) is 4.74 Å². The molecular formula is C29H26BrN3O5. The van der Waals surface area contributed by atoms with Gasteiger partial charge < -0.3 is 10.1 Å². The molecule has 1 fully saturated rings. The van der Waals surface area contributed by atoms with Crippen LogP contribution in [-0.4, -0.2) is 30.4 Å². The van der Waals surface area contributed by atoms with Crippen LogP contribution in [0, 0.1) is 27.7 Å². The van der Waals surface area contributed by atoms with Crippen LogP contribution in [-0.2, 0) is 14.4 Å². The molecule has 1 saturated heterocycles. The monoisotopic (exact) mass is 575 g/mol. The van der Waals surface area contributed by atoms with Crippen molar-refractivity contribution in [1.29, 1.82) is 0 Å². The van der Waals surface area contributed by atoms with Gasteiger partial charge in [-0.05, 0) is 86.9 Å². The summed E-state index contributed by atoms with van der Waals surface area (Å²) in [6.45, 7) is 7.37. The van der Waals surface area contributed by atoms with Crippen molar-refractivity contribution in [2.24, 2.45) is 0 Å². The minimum atomic E-state index is -0.825. The van der Waals surface area contributed by atoms with Gasteiger partial charge in [0.25, 0.3) is 17.7 Å². The van der Waals surface area contributed by atoms with Crippen molar-refractivity contribution in [3.63, 3.8) is 0 Å². The lowest BCUT2D eigenvalue weighted by molar-refractivity contribution is -0.122. The van der Waals surface area contributed by atoms with Gasteiger partial charge in [-0.1, -0.05) is 39.7 Å². The van der Waals surface area contributed by atoms with Gasteiger partial charge in [0.1, 0.15) is 11.3 Å². The molecule has 0 radical (unpaired) electrons. The van der Waals surface area contributed by atoms with Crippen LogP contribution in [0.25, 0.3) is 6.08 Å². The Morgan fingerprint density at radius 1 is 0.947 bits per heavy atom. The van der Waals surface area contributed by atoms with Crippen molar-refractivity contribution in [3.05, 3.63) is 92.5 Å². The predicted octanol–water partition coefficient (Wildman–Crippen LogP) is 5.37. The molecule has 3 aromatic carbocycles. The highest BCUT2D eigenvalue weighted by Gasteiger charge is 2.37. The van der Waals surface area contributed by atoms with Crippen molar-refractivity contribution in [2.45, 2.75) is 27.7 Å². The van der Waals surface area contributed by atoms with Gasteiger partial charge in [-0.2, -0.15) is 0 Å². The summed E-state index contributed by atoms with van der Waals surface area (Å²) in [7, 11) is 0. The van der Waals surface area contributed by atoms with E-state index in [9.17, 15) is 19.2 Å². The number of hydrogen-bond acceptors (Lipinski definition) is 5. The highest BCUT2D eigenvalue weighted by molar-refractivity contribution is 9.10. The second-order valence-corrected chi connectivity index (χ2v) is 9.98. The van der Waals surface area contributed by atoms with Crippen LogP contribution < -0.4 is 20.3 Å². The quantitative estimate of drug-likeness (QED) is 0.304. The normalized spacial score (nSPS) is 14.5. The topological polar surface area (TPSA) is 105 Å². The fourth-order valence-electron chi connectivity index (χ4n) is 3.96. The lowest BCUT2D eigenvalue weighted by Gasteiger charge is -2.27. The first-order valence-corrected chi connectivity index (χ1v) is 12.6. The molecule has 0 spiro atoms. The van der Waals surface area contributed by atoms with E-state index in [2.05, 4.69) is 26.6 Å². The van der Waals surface area contributed by atoms with Crippen LogP contribution >= 0.6 is 15.9 Å². The van der Waals surface area contributed by atoms with Gasteiger partial charge in [-0.25, -0.2) is 9.69 Å². The van der Waals surface area contributed by atoms with E-state index in [1.807, 2.05) is 45.9 Å². The number of benzene rings is 3. The number of anilines is 2. The Morgan fingerprint density at radius 2 is 1.71 bits per heavy atom. The number of rotatable bonds is 6. The van der Waals surface area contributed by atoms with E-state index in [0.717, 1.165) is 27.2 Å². The zero-order chi connectivity index (χ0) is 27.6. The van der Waals surface area contributed by atoms with E-state index >= 15 is 0 Å². The molecule has 0 aromatic heterocycles. The Morgan fingerprint density at radius 3 is 2.42 bits per heavy atom. The molecule has 194 valence electrons. The van der Waals surface area contributed by atoms with Crippen molar-refractivity contribution in [1.82, 2.24) is 5.32 Å². The van der Waals surface area contributed by atoms with Crippen LogP contribution in [0.1, 0.15) is 27.8 Å². The van der Waals surface area contributed by atoms with E-state index in [-0.39, 0.29) is 23.8 Å². The van der Waals surface area contributed by atoms with Crippen LogP contribution in [0.3, 0.4) is 0 Å². The van der Waals surface area contributed by atoms with E-state index in [1.54, 1.807) is 36.4 Å². The maximum absolute atomic E-state index is 13.3. The lowest BCUT2D eigenvalue weighted by Crippen LogP contribution is -2.54. The van der Waals surface area contributed by atoms with E-state index in [1.165, 1.54) is 6.08 Å². The molecule has 38 heavy (non-hydrogen) atoms. The Balaban J connectivity index is 1.59. The number of carbonyl (C=O) groups excluding carboxylic acids is 4. The molecule has 0 bridgehead atoms. The number of halogens is 1. The minimum absolute atomic E-state index is 0.245. The van der Waals surface area contributed by atoms with Gasteiger partial charge in [0.15, 0.2) is 6.61 Å². The van der Waals surface area contributed by atoms with Crippen LogP contribution in [0.2, 0.25) is 0 Å². The predicted molar refractivity (Wildman–Crippen MR) is 149 cm³/mol. The Kier molecular flexibility index (Phi) is 7.78. The highest BCUT2D eigenvalue weighted by Crippen LogP contribution is 2.29. The lowest BCUT2D eigenvalue weighted by atomic mass is 10.0. The van der Waals surface area contributed by atoms with Gasteiger partial charge >= 0.3 is 6.03 Å². The number of carbonyl (C=O) groups is 4. The molecule has 8 nitrogen and oxygen atoms in total. The average Bonchev–Trinajstić information content (AvgIpc) is 2.85. The molecule has 2 N–H and O–H groups in total. The summed E-state index contributed by atoms with van der Waals surface area (Å²) in [6, 6.07) is 15.0. The number of nitrogens with zero attached hydrogens (tertiary/aromatic N) is 1. The summed E-state index contributed by atoms with van der Waals surface area (Å²) in [5.74, 6) is -1.66. The van der Waals surface area contributed by atoms with Crippen LogP contribution in [0.5, 0.6) is 5.75 Å². The van der Waals surface area contributed by atoms with Crippen LogP contribution in [0.4, 0.5) is 16.2 Å². The molecule has 5 amide bonds. The van der Waals surface area contributed by atoms with E-state index < -0.39 is 17.8 Å². The van der Waals surface area contributed by atoms with Gasteiger partial charge in [0, 0.05) is 15.7 Å². The zero-order valence-electron chi connectivity index (χ0n) is 21.3. The number of amides is 5. The number of barbiturate groups is 1. The zero-order valence-corrected chi connectivity index (χ0v) is 22.9. The summed E-state index contributed by atoms with van der Waals surface area (Å²) in [5, 5.41) is 5.05. The van der Waals surface area contributed by atoms with Gasteiger partial charge in [0.05, 0.1) is 5.69 Å². The number of ether oxygens (including phenoxy) is 1. The van der Waals surface area contributed by atoms with Crippen molar-refractivity contribution >= 4 is 57.1 Å². The van der Waals surface area contributed by atoms with Gasteiger partial charge in [-0.3, -0.25) is 19.7 Å². The number of urea groups is 1. The number of hydrogen-bond donors (Lipinski definition) is 2. The second-order valence-electron chi connectivity index (χ2n) is 9.06. The summed E-state index contributed by atoms with van der Waals surface area (Å²) in [4.78, 5) is 52.1. The third-order valence-electron chi connectivity index (χ3n) is 6.14. The first-order chi connectivity index (χ1) is 18.0. The van der Waals surface area contributed by atoms with E-state index in [0.29, 0.717) is 21.4 Å². The number of nitrogens with one attached hydrogen (secondary N) is 2. The summed E-state index contributed by atoms with van der Waals surface area (Å²) >= 11 is 3.39. The fraction of sp³-hybridized carbons (Fsp3) is 0.172. The SMILES string of the molecule is Cc1ccc(NC(=O)COc2ccc(Br)cc2/C=C2/C(=O)NC(=O)N(c3ccc(C)c(C)c3)C2=O)c(C)c1.